The molecule has 0 saturated carbocycles. The average molecular weight is 293 g/mol. The fourth-order valence-electron chi connectivity index (χ4n) is 3.10. The van der Waals surface area contributed by atoms with Crippen molar-refractivity contribution in [2.75, 3.05) is 26.2 Å². The van der Waals surface area contributed by atoms with Gasteiger partial charge in [-0.05, 0) is 30.7 Å². The van der Waals surface area contributed by atoms with Gasteiger partial charge < -0.3 is 15.4 Å². The molecule has 1 aromatic rings. The smallest absolute Gasteiger partial charge is 0.130 e. The van der Waals surface area contributed by atoms with Crippen molar-refractivity contribution < 1.29 is 4.74 Å². The van der Waals surface area contributed by atoms with Crippen LogP contribution in [0.15, 0.2) is 18.2 Å². The molecule has 0 amide bonds. The maximum Gasteiger partial charge on any atom is 0.130 e. The minimum atomic E-state index is -0.142. The third-order valence-electron chi connectivity index (χ3n) is 4.29. The van der Waals surface area contributed by atoms with Crippen molar-refractivity contribution in [3.05, 3.63) is 34.4 Å². The Balaban J connectivity index is 1.80. The lowest BCUT2D eigenvalue weighted by Gasteiger charge is -2.42. The Morgan fingerprint density at radius 1 is 1.35 bits per heavy atom. The molecule has 3 rings (SSSR count). The van der Waals surface area contributed by atoms with Crippen molar-refractivity contribution in [2.24, 2.45) is 5.73 Å². The summed E-state index contributed by atoms with van der Waals surface area (Å²) < 4.78 is 6.37. The molecule has 2 aliphatic heterocycles. The van der Waals surface area contributed by atoms with E-state index in [2.05, 4.69) is 24.0 Å². The first-order chi connectivity index (χ1) is 9.62. The molecule has 20 heavy (non-hydrogen) atoms. The monoisotopic (exact) mass is 292 g/mol. The highest BCUT2D eigenvalue weighted by molar-refractivity contribution is 6.30. The Labute approximate surface area is 125 Å². The molecule has 1 fully saturated rings. The van der Waals surface area contributed by atoms with E-state index in [1.807, 2.05) is 12.1 Å². The van der Waals surface area contributed by atoms with Gasteiger partial charge in [-0.25, -0.2) is 0 Å². The van der Waals surface area contributed by atoms with E-state index in [-0.39, 0.29) is 5.60 Å². The Hall–Kier alpha value is -1.03. The summed E-state index contributed by atoms with van der Waals surface area (Å²) in [5.74, 6) is 0.990. The van der Waals surface area contributed by atoms with Gasteiger partial charge in [-0.3, -0.25) is 0 Å². The molecule has 2 aliphatic rings. The molecule has 2 N–H and O–H groups in total. The molecule has 1 aromatic carbocycles. The Morgan fingerprint density at radius 2 is 2.10 bits per heavy atom. The van der Waals surface area contributed by atoms with Crippen LogP contribution < -0.4 is 10.5 Å². The van der Waals surface area contributed by atoms with Gasteiger partial charge >= 0.3 is 0 Å². The zero-order valence-electron chi connectivity index (χ0n) is 11.9. The molecule has 0 atom stereocenters. The molecule has 2 heterocycles. The Bertz CT molecular complexity index is 534. The molecule has 1 saturated heterocycles. The zero-order valence-corrected chi connectivity index (χ0v) is 12.6. The second kappa shape index (κ2) is 5.40. The molecule has 1 spiro atoms. The fraction of sp³-hybridized carbons (Fsp3) is 0.500. The van der Waals surface area contributed by atoms with E-state index in [0.29, 0.717) is 0 Å². The van der Waals surface area contributed by atoms with E-state index < -0.39 is 0 Å². The number of halogens is 1. The van der Waals surface area contributed by atoms with Crippen LogP contribution >= 0.6 is 11.6 Å². The number of hydrogen-bond donors (Lipinski definition) is 1. The number of fused-ring (bicyclic) bond motifs is 1. The molecule has 0 unspecified atom stereocenters. The minimum Gasteiger partial charge on any atom is -0.482 e. The van der Waals surface area contributed by atoms with Crippen LogP contribution in [0, 0.1) is 6.92 Å². The van der Waals surface area contributed by atoms with Gasteiger partial charge in [-0.2, -0.15) is 0 Å². The highest BCUT2D eigenvalue weighted by Crippen LogP contribution is 2.40. The van der Waals surface area contributed by atoms with Crippen LogP contribution in [0.5, 0.6) is 5.75 Å². The Kier molecular flexibility index (Phi) is 3.76. The molecule has 0 aliphatic carbocycles. The van der Waals surface area contributed by atoms with Gasteiger partial charge in [-0.15, -0.1) is 0 Å². The van der Waals surface area contributed by atoms with E-state index in [9.17, 15) is 0 Å². The van der Waals surface area contributed by atoms with Crippen molar-refractivity contribution in [3.63, 3.8) is 0 Å². The molecule has 4 heteroatoms. The highest BCUT2D eigenvalue weighted by Gasteiger charge is 2.36. The Morgan fingerprint density at radius 3 is 2.80 bits per heavy atom. The number of rotatable bonds is 2. The van der Waals surface area contributed by atoms with Crippen LogP contribution in [-0.2, 0) is 0 Å². The molecule has 0 aromatic heterocycles. The summed E-state index contributed by atoms with van der Waals surface area (Å²) in [6.07, 6.45) is 6.41. The first kappa shape index (κ1) is 13.9. The normalized spacial score (nSPS) is 20.8. The van der Waals surface area contributed by atoms with Gasteiger partial charge in [0.1, 0.15) is 11.4 Å². The number of nitrogens with zero attached hydrogens (tertiary/aromatic N) is 1. The van der Waals surface area contributed by atoms with E-state index >= 15 is 0 Å². The van der Waals surface area contributed by atoms with Gasteiger partial charge in [0.25, 0.3) is 0 Å². The quantitative estimate of drug-likeness (QED) is 0.911. The zero-order chi connectivity index (χ0) is 14.2. The number of benzene rings is 1. The van der Waals surface area contributed by atoms with Gasteiger partial charge in [-0.1, -0.05) is 17.7 Å². The highest BCUT2D eigenvalue weighted by atomic mass is 35.5. The number of aryl methyl sites for hydroxylation is 1. The number of hydrogen-bond acceptors (Lipinski definition) is 3. The second-order valence-corrected chi connectivity index (χ2v) is 6.21. The lowest BCUT2D eigenvalue weighted by Crippen LogP contribution is -2.48. The van der Waals surface area contributed by atoms with Crippen LogP contribution in [0.1, 0.15) is 24.0 Å². The fourth-order valence-corrected chi connectivity index (χ4v) is 3.39. The maximum absolute atomic E-state index is 6.37. The van der Waals surface area contributed by atoms with Crippen molar-refractivity contribution in [3.8, 4) is 5.75 Å². The molecular formula is C16H21ClN2O. The standard InChI is InChI=1S/C16H21ClN2O/c1-12-10-14(17)11-13-2-3-16(20-15(12)13)4-7-19(8-5-16)9-6-18/h2-3,10-11H,4-9,18H2,1H3. The molecule has 3 nitrogen and oxygen atoms in total. The summed E-state index contributed by atoms with van der Waals surface area (Å²) in [7, 11) is 0. The number of likely N-dealkylation sites (tertiary alicyclic amines) is 1. The predicted molar refractivity (Wildman–Crippen MR) is 83.3 cm³/mol. The summed E-state index contributed by atoms with van der Waals surface area (Å²) in [4.78, 5) is 2.41. The van der Waals surface area contributed by atoms with Gasteiger partial charge in [0.2, 0.25) is 0 Å². The number of piperidine rings is 1. The minimum absolute atomic E-state index is 0.142. The third-order valence-corrected chi connectivity index (χ3v) is 4.51. The van der Waals surface area contributed by atoms with Crippen LogP contribution in [0.3, 0.4) is 0 Å². The SMILES string of the molecule is Cc1cc(Cl)cc2c1OC1(C=C2)CCN(CCN)CC1. The lowest BCUT2D eigenvalue weighted by molar-refractivity contribution is 0.0393. The average Bonchev–Trinajstić information content (AvgIpc) is 2.43. The lowest BCUT2D eigenvalue weighted by atomic mass is 9.87. The summed E-state index contributed by atoms with van der Waals surface area (Å²) >= 11 is 6.11. The van der Waals surface area contributed by atoms with Crippen LogP contribution in [0.25, 0.3) is 6.08 Å². The maximum atomic E-state index is 6.37. The van der Waals surface area contributed by atoms with Gasteiger partial charge in [0.05, 0.1) is 0 Å². The summed E-state index contributed by atoms with van der Waals surface area (Å²) in [5.41, 5.74) is 7.68. The third kappa shape index (κ3) is 2.58. The predicted octanol–water partition coefficient (Wildman–Crippen LogP) is 2.85. The summed E-state index contributed by atoms with van der Waals surface area (Å²) in [6.45, 7) is 5.85. The van der Waals surface area contributed by atoms with Gasteiger partial charge in [0, 0.05) is 49.6 Å². The van der Waals surface area contributed by atoms with Crippen LogP contribution in [0.2, 0.25) is 5.02 Å². The van der Waals surface area contributed by atoms with E-state index in [4.69, 9.17) is 22.1 Å². The summed E-state index contributed by atoms with van der Waals surface area (Å²) in [6, 6.07) is 3.94. The molecule has 108 valence electrons. The number of ether oxygens (including phenoxy) is 1. The van der Waals surface area contributed by atoms with E-state index in [1.54, 1.807) is 0 Å². The van der Waals surface area contributed by atoms with Crippen molar-refractivity contribution in [1.29, 1.82) is 0 Å². The van der Waals surface area contributed by atoms with Gasteiger partial charge in [0.15, 0.2) is 0 Å². The first-order valence-corrected chi connectivity index (χ1v) is 7.60. The molecule has 0 bridgehead atoms. The first-order valence-electron chi connectivity index (χ1n) is 7.23. The van der Waals surface area contributed by atoms with E-state index in [0.717, 1.165) is 60.9 Å². The van der Waals surface area contributed by atoms with Crippen LogP contribution in [0.4, 0.5) is 0 Å². The van der Waals surface area contributed by atoms with Crippen molar-refractivity contribution in [2.45, 2.75) is 25.4 Å². The van der Waals surface area contributed by atoms with Crippen molar-refractivity contribution >= 4 is 17.7 Å². The van der Waals surface area contributed by atoms with Crippen LogP contribution in [-0.4, -0.2) is 36.7 Å². The van der Waals surface area contributed by atoms with Crippen molar-refractivity contribution in [1.82, 2.24) is 4.90 Å². The van der Waals surface area contributed by atoms with E-state index in [1.165, 1.54) is 0 Å². The second-order valence-electron chi connectivity index (χ2n) is 5.77. The largest absolute Gasteiger partial charge is 0.482 e. The summed E-state index contributed by atoms with van der Waals surface area (Å²) in [5, 5.41) is 0.767. The molecule has 0 radical (unpaired) electrons. The number of nitrogens with two attached hydrogens (primary N) is 1. The topological polar surface area (TPSA) is 38.5 Å². The molecular weight excluding hydrogens is 272 g/mol.